The second-order valence-corrected chi connectivity index (χ2v) is 8.59. The maximum absolute atomic E-state index is 12.6. The molecule has 1 aromatic rings. The first kappa shape index (κ1) is 19.0. The van der Waals surface area contributed by atoms with Crippen molar-refractivity contribution in [3.63, 3.8) is 0 Å². The zero-order valence-electron chi connectivity index (χ0n) is 14.2. The van der Waals surface area contributed by atoms with Crippen LogP contribution >= 0.6 is 11.6 Å². The second-order valence-electron chi connectivity index (χ2n) is 6.30. The van der Waals surface area contributed by atoms with E-state index in [0.717, 1.165) is 36.5 Å². The van der Waals surface area contributed by atoms with E-state index < -0.39 is 16.1 Å². The fourth-order valence-corrected chi connectivity index (χ4v) is 4.17. The number of piperidine rings is 1. The molecule has 1 amide bonds. The standard InChI is InChI=1S/C16H24ClN3O3S/c1-12(16(21)18-14-8-10-19(2)11-9-14)20(24(3,22)23)15-6-4-13(17)5-7-15/h4-7,12,14H,8-11H2,1-3H3,(H,18,21). The molecule has 1 aliphatic heterocycles. The molecule has 134 valence electrons. The van der Waals surface area contributed by atoms with Crippen LogP contribution in [0.25, 0.3) is 0 Å². The minimum absolute atomic E-state index is 0.0859. The third kappa shape index (κ3) is 4.84. The first-order chi connectivity index (χ1) is 11.2. The lowest BCUT2D eigenvalue weighted by Gasteiger charge is -2.33. The first-order valence-electron chi connectivity index (χ1n) is 7.92. The van der Waals surface area contributed by atoms with Crippen LogP contribution < -0.4 is 9.62 Å². The zero-order chi connectivity index (χ0) is 17.9. The first-order valence-corrected chi connectivity index (χ1v) is 10.1. The van der Waals surface area contributed by atoms with Gasteiger partial charge >= 0.3 is 0 Å². The van der Waals surface area contributed by atoms with Crippen molar-refractivity contribution in [1.82, 2.24) is 10.2 Å². The van der Waals surface area contributed by atoms with E-state index >= 15 is 0 Å². The smallest absolute Gasteiger partial charge is 0.243 e. The molecule has 1 heterocycles. The molecule has 1 saturated heterocycles. The van der Waals surface area contributed by atoms with Gasteiger partial charge in [-0.05, 0) is 64.2 Å². The Morgan fingerprint density at radius 2 is 1.83 bits per heavy atom. The number of hydrogen-bond acceptors (Lipinski definition) is 4. The van der Waals surface area contributed by atoms with E-state index in [-0.39, 0.29) is 11.9 Å². The molecule has 0 bridgehead atoms. The average molecular weight is 374 g/mol. The average Bonchev–Trinajstić information content (AvgIpc) is 2.50. The van der Waals surface area contributed by atoms with Crippen molar-refractivity contribution < 1.29 is 13.2 Å². The number of likely N-dealkylation sites (tertiary alicyclic amines) is 1. The Morgan fingerprint density at radius 1 is 1.29 bits per heavy atom. The van der Waals surface area contributed by atoms with Crippen LogP contribution in [0.1, 0.15) is 19.8 Å². The molecule has 1 aliphatic rings. The van der Waals surface area contributed by atoms with Gasteiger partial charge in [-0.1, -0.05) is 11.6 Å². The topological polar surface area (TPSA) is 69.7 Å². The minimum Gasteiger partial charge on any atom is -0.351 e. The van der Waals surface area contributed by atoms with Gasteiger partial charge in [0.15, 0.2) is 0 Å². The van der Waals surface area contributed by atoms with E-state index in [1.807, 2.05) is 7.05 Å². The number of benzene rings is 1. The lowest BCUT2D eigenvalue weighted by atomic mass is 10.1. The molecule has 0 saturated carbocycles. The summed E-state index contributed by atoms with van der Waals surface area (Å²) in [6.07, 6.45) is 2.84. The summed E-state index contributed by atoms with van der Waals surface area (Å²) in [7, 11) is -1.56. The Labute approximate surface area is 148 Å². The summed E-state index contributed by atoms with van der Waals surface area (Å²) < 4.78 is 25.5. The second kappa shape index (κ2) is 7.72. The number of carbonyl (C=O) groups excluding carboxylic acids is 1. The molecule has 0 radical (unpaired) electrons. The number of halogens is 1. The van der Waals surface area contributed by atoms with Crippen LogP contribution in [0.3, 0.4) is 0 Å². The number of sulfonamides is 1. The Kier molecular flexibility index (Phi) is 6.11. The van der Waals surface area contributed by atoms with Gasteiger partial charge in [0.2, 0.25) is 15.9 Å². The summed E-state index contributed by atoms with van der Waals surface area (Å²) >= 11 is 5.86. The third-order valence-corrected chi connectivity index (χ3v) is 5.73. The van der Waals surface area contributed by atoms with E-state index in [0.29, 0.717) is 10.7 Å². The van der Waals surface area contributed by atoms with Gasteiger partial charge in [0.1, 0.15) is 6.04 Å². The van der Waals surface area contributed by atoms with Gasteiger partial charge in [-0.25, -0.2) is 8.42 Å². The van der Waals surface area contributed by atoms with Crippen molar-refractivity contribution in [3.05, 3.63) is 29.3 Å². The van der Waals surface area contributed by atoms with Crippen LogP contribution in [0.15, 0.2) is 24.3 Å². The molecule has 1 N–H and O–H groups in total. The van der Waals surface area contributed by atoms with Crippen LogP contribution in [0.5, 0.6) is 0 Å². The van der Waals surface area contributed by atoms with E-state index in [9.17, 15) is 13.2 Å². The third-order valence-electron chi connectivity index (χ3n) is 4.23. The molecule has 1 unspecified atom stereocenters. The predicted molar refractivity (Wildman–Crippen MR) is 96.9 cm³/mol. The van der Waals surface area contributed by atoms with E-state index in [1.54, 1.807) is 31.2 Å². The largest absolute Gasteiger partial charge is 0.351 e. The Balaban J connectivity index is 2.14. The van der Waals surface area contributed by atoms with Gasteiger partial charge < -0.3 is 10.2 Å². The van der Waals surface area contributed by atoms with Gasteiger partial charge in [0.25, 0.3) is 0 Å². The Hall–Kier alpha value is -1.31. The van der Waals surface area contributed by atoms with Crippen molar-refractivity contribution in [2.24, 2.45) is 0 Å². The minimum atomic E-state index is -3.60. The lowest BCUT2D eigenvalue weighted by molar-refractivity contribution is -0.122. The molecule has 0 aliphatic carbocycles. The summed E-state index contributed by atoms with van der Waals surface area (Å²) in [6, 6.07) is 5.67. The van der Waals surface area contributed by atoms with Crippen molar-refractivity contribution in [2.45, 2.75) is 31.8 Å². The number of anilines is 1. The fraction of sp³-hybridized carbons (Fsp3) is 0.562. The van der Waals surface area contributed by atoms with Crippen LogP contribution in [0.2, 0.25) is 5.02 Å². The molecule has 8 heteroatoms. The number of nitrogens with zero attached hydrogens (tertiary/aromatic N) is 2. The highest BCUT2D eigenvalue weighted by Crippen LogP contribution is 2.23. The molecular formula is C16H24ClN3O3S. The van der Waals surface area contributed by atoms with Crippen molar-refractivity contribution in [2.75, 3.05) is 30.7 Å². The van der Waals surface area contributed by atoms with Crippen LogP contribution in [0.4, 0.5) is 5.69 Å². The molecule has 1 fully saturated rings. The van der Waals surface area contributed by atoms with E-state index in [1.165, 1.54) is 0 Å². The number of carbonyl (C=O) groups is 1. The van der Waals surface area contributed by atoms with Gasteiger partial charge in [-0.3, -0.25) is 9.10 Å². The molecular weight excluding hydrogens is 350 g/mol. The molecule has 0 spiro atoms. The summed E-state index contributed by atoms with van der Waals surface area (Å²) in [5.41, 5.74) is 0.424. The van der Waals surface area contributed by atoms with Crippen molar-refractivity contribution in [1.29, 1.82) is 0 Å². The highest BCUT2D eigenvalue weighted by molar-refractivity contribution is 7.92. The van der Waals surface area contributed by atoms with E-state index in [2.05, 4.69) is 10.2 Å². The fourth-order valence-electron chi connectivity index (χ4n) is 2.87. The normalized spacial score (nSPS) is 18.2. The van der Waals surface area contributed by atoms with Gasteiger partial charge in [0.05, 0.1) is 11.9 Å². The Morgan fingerprint density at radius 3 is 2.33 bits per heavy atom. The molecule has 2 rings (SSSR count). The quantitative estimate of drug-likeness (QED) is 0.853. The highest BCUT2D eigenvalue weighted by atomic mass is 35.5. The molecule has 1 atom stereocenters. The van der Waals surface area contributed by atoms with Crippen LogP contribution in [-0.4, -0.2) is 57.7 Å². The summed E-state index contributed by atoms with van der Waals surface area (Å²) in [4.78, 5) is 14.8. The number of rotatable bonds is 5. The van der Waals surface area contributed by atoms with Crippen LogP contribution in [-0.2, 0) is 14.8 Å². The highest BCUT2D eigenvalue weighted by Gasteiger charge is 2.30. The molecule has 0 aromatic heterocycles. The maximum atomic E-state index is 12.6. The molecule has 24 heavy (non-hydrogen) atoms. The predicted octanol–water partition coefficient (Wildman–Crippen LogP) is 1.70. The summed E-state index contributed by atoms with van der Waals surface area (Å²) in [5.74, 6) is -0.287. The SMILES string of the molecule is CC(C(=O)NC1CCN(C)CC1)N(c1ccc(Cl)cc1)S(C)(=O)=O. The van der Waals surface area contributed by atoms with Crippen LogP contribution in [0, 0.1) is 0 Å². The summed E-state index contributed by atoms with van der Waals surface area (Å²) in [5, 5.41) is 3.48. The monoisotopic (exact) mass is 373 g/mol. The number of nitrogens with one attached hydrogen (secondary N) is 1. The van der Waals surface area contributed by atoms with E-state index in [4.69, 9.17) is 11.6 Å². The van der Waals surface area contributed by atoms with Gasteiger partial charge in [0, 0.05) is 11.1 Å². The zero-order valence-corrected chi connectivity index (χ0v) is 15.8. The molecule has 6 nitrogen and oxygen atoms in total. The van der Waals surface area contributed by atoms with Crippen molar-refractivity contribution >= 4 is 33.2 Å². The van der Waals surface area contributed by atoms with Crippen molar-refractivity contribution in [3.8, 4) is 0 Å². The maximum Gasteiger partial charge on any atom is 0.243 e. The molecule has 1 aromatic carbocycles. The number of amides is 1. The number of hydrogen-bond donors (Lipinski definition) is 1. The van der Waals surface area contributed by atoms with Gasteiger partial charge in [-0.15, -0.1) is 0 Å². The van der Waals surface area contributed by atoms with Gasteiger partial charge in [-0.2, -0.15) is 0 Å². The summed E-state index contributed by atoms with van der Waals surface area (Å²) in [6.45, 7) is 3.44. The Bertz CT molecular complexity index is 670. The lowest BCUT2D eigenvalue weighted by Crippen LogP contribution is -2.52.